The van der Waals surface area contributed by atoms with Crippen LogP contribution < -0.4 is 0 Å². The normalized spacial score (nSPS) is 22.3. The van der Waals surface area contributed by atoms with Crippen LogP contribution in [0.1, 0.15) is 33.2 Å². The van der Waals surface area contributed by atoms with E-state index in [0.717, 1.165) is 5.56 Å². The fourth-order valence-electron chi connectivity index (χ4n) is 4.02. The minimum Gasteiger partial charge on any atom is -0.479 e. The Morgan fingerprint density at radius 3 is 1.72 bits per heavy atom. The summed E-state index contributed by atoms with van der Waals surface area (Å²) in [6.07, 6.45) is -7.59. The zero-order valence-corrected chi connectivity index (χ0v) is 21.0. The van der Waals surface area contributed by atoms with E-state index in [1.807, 2.05) is 6.07 Å². The Hall–Kier alpha value is -4.54. The third-order valence-corrected chi connectivity index (χ3v) is 5.82. The number of rotatable bonds is 9. The van der Waals surface area contributed by atoms with Crippen LogP contribution in [-0.2, 0) is 35.1 Å². The van der Waals surface area contributed by atoms with E-state index in [1.165, 1.54) is 31.2 Å². The van der Waals surface area contributed by atoms with Crippen LogP contribution in [-0.4, -0.2) is 59.6 Å². The van der Waals surface area contributed by atoms with Crippen molar-refractivity contribution in [1.82, 2.24) is 0 Å². The van der Waals surface area contributed by atoms with Crippen LogP contribution in [0, 0.1) is 5.41 Å². The molecular formula is C29H27NO9. The highest BCUT2D eigenvalue weighted by atomic mass is 16.7. The van der Waals surface area contributed by atoms with Crippen molar-refractivity contribution in [2.45, 2.75) is 44.2 Å². The van der Waals surface area contributed by atoms with E-state index in [-0.39, 0.29) is 23.6 Å². The Morgan fingerprint density at radius 2 is 1.23 bits per heavy atom. The summed E-state index contributed by atoms with van der Waals surface area (Å²) in [7, 11) is 0. The summed E-state index contributed by atoms with van der Waals surface area (Å²) >= 11 is 0. The minimum atomic E-state index is -1.76. The first kappa shape index (κ1) is 27.5. The van der Waals surface area contributed by atoms with Gasteiger partial charge < -0.3 is 28.8 Å². The lowest BCUT2D eigenvalue weighted by atomic mass is 9.97. The van der Waals surface area contributed by atoms with Gasteiger partial charge in [0, 0.05) is 6.92 Å². The van der Waals surface area contributed by atoms with Crippen LogP contribution in [0.5, 0.6) is 0 Å². The highest BCUT2D eigenvalue weighted by Gasteiger charge is 2.55. The largest absolute Gasteiger partial charge is 0.479 e. The van der Waals surface area contributed by atoms with Gasteiger partial charge >= 0.3 is 17.9 Å². The van der Waals surface area contributed by atoms with Gasteiger partial charge in [-0.2, -0.15) is 0 Å². The molecule has 0 aliphatic carbocycles. The van der Waals surface area contributed by atoms with E-state index in [4.69, 9.17) is 29.1 Å². The second-order valence-electron chi connectivity index (χ2n) is 8.67. The minimum absolute atomic E-state index is 0.0348. The summed E-state index contributed by atoms with van der Waals surface area (Å²) in [5.74, 6) is -3.36. The molecular weight excluding hydrogens is 506 g/mol. The van der Waals surface area contributed by atoms with Gasteiger partial charge in [0.15, 0.2) is 24.2 Å². The third-order valence-electron chi connectivity index (χ3n) is 5.82. The number of ether oxygens (including phenoxy) is 5. The van der Waals surface area contributed by atoms with Crippen LogP contribution >= 0.6 is 0 Å². The number of nitrogens with one attached hydrogen (secondary N) is 1. The summed E-state index contributed by atoms with van der Waals surface area (Å²) in [6, 6.07) is 25.1. The molecule has 10 nitrogen and oxygen atoms in total. The van der Waals surface area contributed by atoms with Gasteiger partial charge in [0.05, 0.1) is 17.7 Å². The number of aliphatic carboxylic acids is 1. The molecule has 1 heterocycles. The Morgan fingerprint density at radius 1 is 0.744 bits per heavy atom. The van der Waals surface area contributed by atoms with Crippen molar-refractivity contribution in [3.8, 4) is 0 Å². The van der Waals surface area contributed by atoms with Gasteiger partial charge in [-0.1, -0.05) is 66.7 Å². The Balaban J connectivity index is 1.72. The summed E-state index contributed by atoms with van der Waals surface area (Å²) < 4.78 is 28.6. The number of carboxylic acids is 1. The molecule has 3 aromatic carbocycles. The first-order chi connectivity index (χ1) is 18.8. The predicted octanol–water partition coefficient (Wildman–Crippen LogP) is 3.85. The molecule has 0 aromatic heterocycles. The second kappa shape index (κ2) is 12.8. The lowest BCUT2D eigenvalue weighted by Gasteiger charge is -2.43. The summed E-state index contributed by atoms with van der Waals surface area (Å²) in [6.45, 7) is 1.28. The first-order valence-electron chi connectivity index (χ1n) is 12.1. The third kappa shape index (κ3) is 7.07. The van der Waals surface area contributed by atoms with E-state index >= 15 is 0 Å². The molecule has 0 amide bonds. The molecule has 0 saturated carbocycles. The van der Waals surface area contributed by atoms with Gasteiger partial charge in [-0.25, -0.2) is 14.4 Å². The average molecular weight is 534 g/mol. The maximum Gasteiger partial charge on any atom is 0.338 e. The van der Waals surface area contributed by atoms with Crippen LogP contribution in [0.25, 0.3) is 0 Å². The van der Waals surface area contributed by atoms with Crippen molar-refractivity contribution in [3.05, 3.63) is 108 Å². The van der Waals surface area contributed by atoms with Gasteiger partial charge in [-0.3, -0.25) is 5.41 Å². The van der Waals surface area contributed by atoms with Gasteiger partial charge in [0.1, 0.15) is 6.10 Å². The molecule has 10 heteroatoms. The maximum absolute atomic E-state index is 13.1. The molecule has 0 radical (unpaired) electrons. The Kier molecular flexibility index (Phi) is 9.03. The predicted molar refractivity (Wildman–Crippen MR) is 137 cm³/mol. The molecule has 1 aliphatic rings. The molecule has 1 saturated heterocycles. The van der Waals surface area contributed by atoms with E-state index in [9.17, 15) is 19.5 Å². The molecule has 2 N–H and O–H groups in total. The van der Waals surface area contributed by atoms with E-state index < -0.39 is 48.6 Å². The van der Waals surface area contributed by atoms with Crippen LogP contribution in [0.3, 0.4) is 0 Å². The monoisotopic (exact) mass is 533 g/mol. The van der Waals surface area contributed by atoms with Gasteiger partial charge in [-0.05, 0) is 29.8 Å². The maximum atomic E-state index is 13.1. The van der Waals surface area contributed by atoms with Crippen molar-refractivity contribution in [2.75, 3.05) is 0 Å². The van der Waals surface area contributed by atoms with Crippen molar-refractivity contribution < 1.29 is 43.2 Å². The molecule has 202 valence electrons. The van der Waals surface area contributed by atoms with Crippen molar-refractivity contribution in [1.29, 1.82) is 5.41 Å². The summed E-state index contributed by atoms with van der Waals surface area (Å²) in [4.78, 5) is 38.4. The van der Waals surface area contributed by atoms with E-state index in [1.54, 1.807) is 60.7 Å². The highest BCUT2D eigenvalue weighted by molar-refractivity contribution is 5.90. The number of carbonyl (C=O) groups is 3. The van der Waals surface area contributed by atoms with Crippen molar-refractivity contribution in [3.63, 3.8) is 0 Å². The van der Waals surface area contributed by atoms with Crippen LogP contribution in [0.15, 0.2) is 91.0 Å². The van der Waals surface area contributed by atoms with Gasteiger partial charge in [-0.15, -0.1) is 0 Å². The smallest absolute Gasteiger partial charge is 0.338 e. The number of carboxylic acid groups (broad SMARTS) is 1. The molecule has 0 bridgehead atoms. The summed E-state index contributed by atoms with van der Waals surface area (Å²) in [5, 5.41) is 17.8. The standard InChI is InChI=1S/C29H27NO9/c1-18(30)36-29-25(38-28(34)21-15-9-4-10-16-21)22(35-17-19-11-5-2-6-12-19)23(24(39-29)26(31)32)37-27(33)20-13-7-3-8-14-20/h2-16,22-25,29-30H,17H2,1H3,(H,31,32). The van der Waals surface area contributed by atoms with Gasteiger partial charge in [0.25, 0.3) is 0 Å². The number of hydrogen-bond acceptors (Lipinski definition) is 9. The number of carbonyl (C=O) groups excluding carboxylic acids is 2. The second-order valence-corrected chi connectivity index (χ2v) is 8.67. The molecule has 1 aliphatic heterocycles. The van der Waals surface area contributed by atoms with Gasteiger partial charge in [0.2, 0.25) is 6.29 Å². The molecule has 5 unspecified atom stereocenters. The lowest BCUT2D eigenvalue weighted by Crippen LogP contribution is -2.63. The molecule has 5 atom stereocenters. The molecule has 39 heavy (non-hydrogen) atoms. The van der Waals surface area contributed by atoms with Crippen LogP contribution in [0.4, 0.5) is 0 Å². The van der Waals surface area contributed by atoms with E-state index in [2.05, 4.69) is 0 Å². The Bertz CT molecular complexity index is 1280. The zero-order valence-electron chi connectivity index (χ0n) is 21.0. The van der Waals surface area contributed by atoms with Crippen molar-refractivity contribution in [2.24, 2.45) is 0 Å². The van der Waals surface area contributed by atoms with E-state index in [0.29, 0.717) is 0 Å². The SMILES string of the molecule is CC(=N)OC1OC(C(=O)O)C(OC(=O)c2ccccc2)C(OCc2ccccc2)C1OC(=O)c1ccccc1. The fraction of sp³-hybridized carbons (Fsp3) is 0.241. The summed E-state index contributed by atoms with van der Waals surface area (Å²) in [5.41, 5.74) is 1.12. The number of esters is 2. The van der Waals surface area contributed by atoms with Crippen molar-refractivity contribution >= 4 is 23.8 Å². The average Bonchev–Trinajstić information content (AvgIpc) is 2.94. The van der Waals surface area contributed by atoms with Crippen LogP contribution in [0.2, 0.25) is 0 Å². The molecule has 3 aromatic rings. The number of hydrogen-bond donors (Lipinski definition) is 2. The quantitative estimate of drug-likeness (QED) is 0.238. The zero-order chi connectivity index (χ0) is 27.8. The Labute approximate surface area is 224 Å². The topological polar surface area (TPSA) is 141 Å². The fourth-order valence-corrected chi connectivity index (χ4v) is 4.02. The highest BCUT2D eigenvalue weighted by Crippen LogP contribution is 2.31. The first-order valence-corrected chi connectivity index (χ1v) is 12.1. The molecule has 4 rings (SSSR count). The number of benzene rings is 3. The molecule has 0 spiro atoms. The molecule has 1 fully saturated rings. The lowest BCUT2D eigenvalue weighted by molar-refractivity contribution is -0.283.